The number of carbonyl (C=O) groups is 1. The van der Waals surface area contributed by atoms with Gasteiger partial charge in [-0.2, -0.15) is 0 Å². The molecule has 0 atom stereocenters. The summed E-state index contributed by atoms with van der Waals surface area (Å²) in [4.78, 5) is 13.2. The van der Waals surface area contributed by atoms with Gasteiger partial charge in [-0.05, 0) is 49.2 Å². The third kappa shape index (κ3) is 5.11. The van der Waals surface area contributed by atoms with Gasteiger partial charge in [0.15, 0.2) is 0 Å². The number of rotatable bonds is 8. The van der Waals surface area contributed by atoms with Gasteiger partial charge in [0.1, 0.15) is 0 Å². The summed E-state index contributed by atoms with van der Waals surface area (Å²) in [5.41, 5.74) is 3.94. The summed E-state index contributed by atoms with van der Waals surface area (Å²) < 4.78 is 0. The van der Waals surface area contributed by atoms with Crippen LogP contribution in [0.4, 0.5) is 5.69 Å². The summed E-state index contributed by atoms with van der Waals surface area (Å²) in [5, 5.41) is 12.3. The van der Waals surface area contributed by atoms with Gasteiger partial charge in [0.05, 0.1) is 5.56 Å². The molecule has 0 saturated carbocycles. The highest BCUT2D eigenvalue weighted by atomic mass is 16.4. The average molecular weight is 312 g/mol. The van der Waals surface area contributed by atoms with Crippen LogP contribution in [-0.2, 0) is 6.54 Å². The van der Waals surface area contributed by atoms with Gasteiger partial charge in [0, 0.05) is 31.9 Å². The van der Waals surface area contributed by atoms with Gasteiger partial charge in [-0.15, -0.1) is 0 Å². The fourth-order valence-corrected chi connectivity index (χ4v) is 2.51. The summed E-state index contributed by atoms with van der Waals surface area (Å²) in [6.45, 7) is 7.79. The quantitative estimate of drug-likeness (QED) is 0.734. The lowest BCUT2D eigenvalue weighted by atomic mass is 10.1. The summed E-state index contributed by atoms with van der Waals surface area (Å²) in [5.74, 6) is -0.888. The van der Waals surface area contributed by atoms with Crippen molar-refractivity contribution in [2.75, 3.05) is 24.5 Å². The average Bonchev–Trinajstić information content (AvgIpc) is 2.55. The summed E-state index contributed by atoms with van der Waals surface area (Å²) in [7, 11) is 0. The first kappa shape index (κ1) is 17.0. The fraction of sp³-hybridized carbons (Fsp3) is 0.316. The molecule has 0 heterocycles. The van der Waals surface area contributed by atoms with Crippen LogP contribution in [0.3, 0.4) is 0 Å². The van der Waals surface area contributed by atoms with Gasteiger partial charge in [-0.1, -0.05) is 24.3 Å². The van der Waals surface area contributed by atoms with E-state index < -0.39 is 5.97 Å². The normalized spacial score (nSPS) is 10.5. The van der Waals surface area contributed by atoms with Gasteiger partial charge >= 0.3 is 5.97 Å². The second-order valence-electron chi connectivity index (χ2n) is 5.60. The molecule has 0 aromatic heterocycles. The van der Waals surface area contributed by atoms with Gasteiger partial charge in [0.25, 0.3) is 0 Å². The van der Waals surface area contributed by atoms with Crippen LogP contribution < -0.4 is 10.2 Å². The van der Waals surface area contributed by atoms with Crippen molar-refractivity contribution in [2.24, 2.45) is 0 Å². The first-order valence-corrected chi connectivity index (χ1v) is 7.94. The molecule has 0 unspecified atom stereocenters. The second-order valence-corrected chi connectivity index (χ2v) is 5.60. The van der Waals surface area contributed by atoms with Crippen molar-refractivity contribution in [3.63, 3.8) is 0 Å². The standard InChI is InChI=1S/C19H24N2O2/c1-3-21(18-6-4-5-15(2)13-18)12-11-20-14-16-7-9-17(10-8-16)19(22)23/h4-10,13,20H,3,11-12,14H2,1-2H3,(H,22,23). The molecule has 0 radical (unpaired) electrons. The molecule has 0 aliphatic carbocycles. The molecular formula is C19H24N2O2. The van der Waals surface area contributed by atoms with Crippen LogP contribution in [0.25, 0.3) is 0 Å². The zero-order valence-electron chi connectivity index (χ0n) is 13.7. The molecule has 0 aliphatic rings. The Hall–Kier alpha value is -2.33. The Labute approximate surface area is 137 Å². The maximum atomic E-state index is 10.8. The van der Waals surface area contributed by atoms with Gasteiger partial charge in [-0.25, -0.2) is 4.79 Å². The Morgan fingerprint density at radius 2 is 1.91 bits per heavy atom. The molecule has 4 heteroatoms. The summed E-state index contributed by atoms with van der Waals surface area (Å²) in [6, 6.07) is 15.5. The molecule has 4 nitrogen and oxygen atoms in total. The molecule has 2 aromatic carbocycles. The van der Waals surface area contributed by atoms with E-state index in [0.717, 1.165) is 31.7 Å². The summed E-state index contributed by atoms with van der Waals surface area (Å²) in [6.07, 6.45) is 0. The Balaban J connectivity index is 1.80. The van der Waals surface area contributed by atoms with Crippen molar-refractivity contribution in [1.29, 1.82) is 0 Å². The summed E-state index contributed by atoms with van der Waals surface area (Å²) >= 11 is 0. The van der Waals surface area contributed by atoms with E-state index in [-0.39, 0.29) is 0 Å². The highest BCUT2D eigenvalue weighted by Gasteiger charge is 2.04. The number of aryl methyl sites for hydroxylation is 1. The molecule has 0 fully saturated rings. The number of hydrogen-bond acceptors (Lipinski definition) is 3. The number of carboxylic acids is 1. The van der Waals surface area contributed by atoms with Crippen LogP contribution in [0.1, 0.15) is 28.4 Å². The number of anilines is 1. The largest absolute Gasteiger partial charge is 0.478 e. The highest BCUT2D eigenvalue weighted by Crippen LogP contribution is 2.15. The molecule has 0 bridgehead atoms. The number of carboxylic acid groups (broad SMARTS) is 1. The lowest BCUT2D eigenvalue weighted by Gasteiger charge is -2.23. The van der Waals surface area contributed by atoms with Gasteiger partial charge in [-0.3, -0.25) is 0 Å². The zero-order chi connectivity index (χ0) is 16.7. The van der Waals surface area contributed by atoms with E-state index in [1.54, 1.807) is 12.1 Å². The molecule has 0 saturated heterocycles. The molecule has 0 amide bonds. The van der Waals surface area contributed by atoms with E-state index in [9.17, 15) is 4.79 Å². The van der Waals surface area contributed by atoms with Crippen LogP contribution in [-0.4, -0.2) is 30.7 Å². The maximum Gasteiger partial charge on any atom is 0.335 e. The number of likely N-dealkylation sites (N-methyl/N-ethyl adjacent to an activating group) is 1. The van der Waals surface area contributed by atoms with Crippen molar-refractivity contribution in [3.8, 4) is 0 Å². The van der Waals surface area contributed by atoms with Crippen molar-refractivity contribution in [1.82, 2.24) is 5.32 Å². The number of nitrogens with one attached hydrogen (secondary N) is 1. The van der Waals surface area contributed by atoms with E-state index in [4.69, 9.17) is 5.11 Å². The van der Waals surface area contributed by atoms with Crippen molar-refractivity contribution < 1.29 is 9.90 Å². The highest BCUT2D eigenvalue weighted by molar-refractivity contribution is 5.87. The zero-order valence-corrected chi connectivity index (χ0v) is 13.7. The van der Waals surface area contributed by atoms with Crippen LogP contribution in [0.5, 0.6) is 0 Å². The second kappa shape index (κ2) is 8.34. The minimum absolute atomic E-state index is 0.324. The van der Waals surface area contributed by atoms with Gasteiger partial charge < -0.3 is 15.3 Å². The molecule has 2 N–H and O–H groups in total. The number of benzene rings is 2. The Bertz CT molecular complexity index is 638. The minimum atomic E-state index is -0.888. The first-order chi connectivity index (χ1) is 11.1. The fourth-order valence-electron chi connectivity index (χ4n) is 2.51. The molecule has 2 rings (SSSR count). The molecule has 122 valence electrons. The predicted octanol–water partition coefficient (Wildman–Crippen LogP) is 3.31. The van der Waals surface area contributed by atoms with Gasteiger partial charge in [0.2, 0.25) is 0 Å². The smallest absolute Gasteiger partial charge is 0.335 e. The number of hydrogen-bond donors (Lipinski definition) is 2. The van der Waals surface area contributed by atoms with E-state index in [1.165, 1.54) is 11.3 Å². The Kier molecular flexibility index (Phi) is 6.18. The molecule has 0 spiro atoms. The third-order valence-corrected chi connectivity index (χ3v) is 3.84. The van der Waals surface area contributed by atoms with E-state index in [0.29, 0.717) is 5.56 Å². The molecule has 2 aromatic rings. The number of aromatic carboxylic acids is 1. The van der Waals surface area contributed by atoms with E-state index in [2.05, 4.69) is 48.3 Å². The maximum absolute atomic E-state index is 10.8. The first-order valence-electron chi connectivity index (χ1n) is 7.94. The lowest BCUT2D eigenvalue weighted by Crippen LogP contribution is -2.31. The molecular weight excluding hydrogens is 288 g/mol. The number of nitrogens with zero attached hydrogens (tertiary/aromatic N) is 1. The van der Waals surface area contributed by atoms with Crippen LogP contribution in [0.15, 0.2) is 48.5 Å². The lowest BCUT2D eigenvalue weighted by molar-refractivity contribution is 0.0697. The monoisotopic (exact) mass is 312 g/mol. The predicted molar refractivity (Wildman–Crippen MR) is 94.2 cm³/mol. The van der Waals surface area contributed by atoms with Crippen LogP contribution >= 0.6 is 0 Å². The van der Waals surface area contributed by atoms with Crippen molar-refractivity contribution >= 4 is 11.7 Å². The van der Waals surface area contributed by atoms with Crippen molar-refractivity contribution in [2.45, 2.75) is 20.4 Å². The van der Waals surface area contributed by atoms with E-state index >= 15 is 0 Å². The van der Waals surface area contributed by atoms with Crippen LogP contribution in [0, 0.1) is 6.92 Å². The Morgan fingerprint density at radius 3 is 2.52 bits per heavy atom. The van der Waals surface area contributed by atoms with Crippen LogP contribution in [0.2, 0.25) is 0 Å². The molecule has 23 heavy (non-hydrogen) atoms. The third-order valence-electron chi connectivity index (χ3n) is 3.84. The topological polar surface area (TPSA) is 52.6 Å². The van der Waals surface area contributed by atoms with E-state index in [1.807, 2.05) is 12.1 Å². The van der Waals surface area contributed by atoms with Crippen molar-refractivity contribution in [3.05, 3.63) is 65.2 Å². The minimum Gasteiger partial charge on any atom is -0.478 e. The SMILES string of the molecule is CCN(CCNCc1ccc(C(=O)O)cc1)c1cccc(C)c1. The Morgan fingerprint density at radius 1 is 1.17 bits per heavy atom. The molecule has 0 aliphatic heterocycles.